The van der Waals surface area contributed by atoms with Crippen molar-refractivity contribution in [2.75, 3.05) is 18.4 Å². The predicted octanol–water partition coefficient (Wildman–Crippen LogP) is 3.01. The Kier molecular flexibility index (Phi) is 5.10. The predicted molar refractivity (Wildman–Crippen MR) is 94.3 cm³/mol. The van der Waals surface area contributed by atoms with Gasteiger partial charge in [-0.25, -0.2) is 9.78 Å². The average Bonchev–Trinajstić information content (AvgIpc) is 3.25. The number of aryl methyl sites for hydroxylation is 1. The number of nitrogens with one attached hydrogen (secondary N) is 2. The number of anilines is 1. The lowest BCUT2D eigenvalue weighted by Crippen LogP contribution is -2.28. The summed E-state index contributed by atoms with van der Waals surface area (Å²) in [5.74, 6) is 0.0593. The third kappa shape index (κ3) is 4.11. The van der Waals surface area contributed by atoms with Crippen molar-refractivity contribution in [3.8, 4) is 0 Å². The second kappa shape index (κ2) is 7.44. The first-order valence-corrected chi connectivity index (χ1v) is 8.79. The molecule has 0 unspecified atom stereocenters. The minimum Gasteiger partial charge on any atom is -0.339 e. The lowest BCUT2D eigenvalue weighted by atomic mass is 10.2. The van der Waals surface area contributed by atoms with Crippen LogP contribution in [-0.2, 0) is 6.54 Å². The summed E-state index contributed by atoms with van der Waals surface area (Å²) in [5, 5.41) is 6.53. The van der Waals surface area contributed by atoms with Gasteiger partial charge in [0.15, 0.2) is 0 Å². The highest BCUT2D eigenvalue weighted by Crippen LogP contribution is 2.15. The monoisotopic (exact) mass is 344 g/mol. The van der Waals surface area contributed by atoms with Crippen molar-refractivity contribution in [2.24, 2.45) is 0 Å². The van der Waals surface area contributed by atoms with E-state index < -0.39 is 0 Å². The first-order chi connectivity index (χ1) is 11.6. The van der Waals surface area contributed by atoms with Crippen molar-refractivity contribution in [1.29, 1.82) is 0 Å². The van der Waals surface area contributed by atoms with Crippen molar-refractivity contribution >= 4 is 29.0 Å². The molecule has 3 rings (SSSR count). The quantitative estimate of drug-likeness (QED) is 0.895. The fourth-order valence-corrected chi connectivity index (χ4v) is 3.36. The van der Waals surface area contributed by atoms with Crippen LogP contribution in [0, 0.1) is 6.92 Å². The van der Waals surface area contributed by atoms with Crippen LogP contribution in [0.3, 0.4) is 0 Å². The van der Waals surface area contributed by atoms with Crippen LogP contribution < -0.4 is 10.6 Å². The number of aromatic nitrogens is 1. The van der Waals surface area contributed by atoms with Crippen LogP contribution in [0.4, 0.5) is 10.5 Å². The number of carbonyl (C=O) groups excluding carboxylic acids is 2. The molecule has 2 heterocycles. The number of amides is 3. The van der Waals surface area contributed by atoms with Crippen molar-refractivity contribution in [3.63, 3.8) is 0 Å². The molecule has 1 saturated heterocycles. The maximum atomic E-state index is 12.3. The third-order valence-corrected chi connectivity index (χ3v) is 4.79. The molecule has 24 heavy (non-hydrogen) atoms. The van der Waals surface area contributed by atoms with Crippen molar-refractivity contribution < 1.29 is 9.59 Å². The fraction of sp³-hybridized carbons (Fsp3) is 0.353. The van der Waals surface area contributed by atoms with Gasteiger partial charge in [-0.2, -0.15) is 0 Å². The zero-order valence-corrected chi connectivity index (χ0v) is 14.4. The molecule has 0 aliphatic carbocycles. The second-order valence-electron chi connectivity index (χ2n) is 5.73. The van der Waals surface area contributed by atoms with Gasteiger partial charge in [0.2, 0.25) is 0 Å². The zero-order chi connectivity index (χ0) is 16.9. The minimum atomic E-state index is -0.278. The number of likely N-dealkylation sites (tertiary alicyclic amines) is 1. The number of nitrogens with zero attached hydrogens (tertiary/aromatic N) is 2. The number of hydrogen-bond acceptors (Lipinski definition) is 4. The van der Waals surface area contributed by atoms with Crippen LogP contribution in [0.2, 0.25) is 0 Å². The standard InChI is InChI=1S/C17H20N4O2S/c1-12-18-10-15(24-12)11-19-17(23)20-14-6-4-13(5-7-14)16(22)21-8-2-3-9-21/h4-7,10H,2-3,8-9,11H2,1H3,(H2,19,20,23). The number of carbonyl (C=O) groups is 2. The topological polar surface area (TPSA) is 74.3 Å². The molecule has 1 aromatic heterocycles. The normalized spacial score (nSPS) is 13.8. The number of hydrogen-bond donors (Lipinski definition) is 2. The number of benzene rings is 1. The molecule has 7 heteroatoms. The van der Waals surface area contributed by atoms with Crippen LogP contribution in [-0.4, -0.2) is 34.9 Å². The summed E-state index contributed by atoms with van der Waals surface area (Å²) in [7, 11) is 0. The molecule has 0 bridgehead atoms. The summed E-state index contributed by atoms with van der Waals surface area (Å²) in [5.41, 5.74) is 1.31. The van der Waals surface area contributed by atoms with Gasteiger partial charge < -0.3 is 15.5 Å². The maximum Gasteiger partial charge on any atom is 0.319 e. The number of urea groups is 1. The van der Waals surface area contributed by atoms with Gasteiger partial charge in [0.05, 0.1) is 11.6 Å². The Morgan fingerprint density at radius 1 is 1.21 bits per heavy atom. The molecule has 2 N–H and O–H groups in total. The summed E-state index contributed by atoms with van der Waals surface area (Å²) in [6.45, 7) is 4.04. The second-order valence-corrected chi connectivity index (χ2v) is 7.05. The Morgan fingerprint density at radius 3 is 2.54 bits per heavy atom. The van der Waals surface area contributed by atoms with E-state index in [1.807, 2.05) is 11.8 Å². The molecular weight excluding hydrogens is 324 g/mol. The van der Waals surface area contributed by atoms with Gasteiger partial charge in [-0.15, -0.1) is 11.3 Å². The van der Waals surface area contributed by atoms with Crippen molar-refractivity contribution in [1.82, 2.24) is 15.2 Å². The summed E-state index contributed by atoms with van der Waals surface area (Å²) in [6, 6.07) is 6.73. The van der Waals surface area contributed by atoms with Crippen LogP contribution in [0.5, 0.6) is 0 Å². The van der Waals surface area contributed by atoms with Gasteiger partial charge in [0.1, 0.15) is 0 Å². The first-order valence-electron chi connectivity index (χ1n) is 7.97. The Morgan fingerprint density at radius 2 is 1.92 bits per heavy atom. The van der Waals surface area contributed by atoms with Crippen LogP contribution in [0.25, 0.3) is 0 Å². The molecule has 0 radical (unpaired) electrons. The molecule has 0 saturated carbocycles. The van der Waals surface area contributed by atoms with Gasteiger partial charge in [-0.1, -0.05) is 0 Å². The summed E-state index contributed by atoms with van der Waals surface area (Å²) < 4.78 is 0. The van der Waals surface area contributed by atoms with E-state index in [-0.39, 0.29) is 11.9 Å². The molecule has 1 aliphatic heterocycles. The van der Waals surface area contributed by atoms with E-state index in [4.69, 9.17) is 0 Å². The van der Waals surface area contributed by atoms with Gasteiger partial charge in [0.25, 0.3) is 5.91 Å². The first kappa shape index (κ1) is 16.4. The molecule has 126 valence electrons. The summed E-state index contributed by atoms with van der Waals surface area (Å²) in [4.78, 5) is 31.2. The van der Waals surface area contributed by atoms with Crippen LogP contribution >= 0.6 is 11.3 Å². The molecular formula is C17H20N4O2S. The molecule has 0 spiro atoms. The molecule has 2 aromatic rings. The Bertz CT molecular complexity index is 720. The Labute approximate surface area is 144 Å². The highest BCUT2D eigenvalue weighted by atomic mass is 32.1. The highest BCUT2D eigenvalue weighted by molar-refractivity contribution is 7.11. The molecule has 6 nitrogen and oxygen atoms in total. The van der Waals surface area contributed by atoms with E-state index in [1.165, 1.54) is 0 Å². The van der Waals surface area contributed by atoms with Gasteiger partial charge in [-0.3, -0.25) is 4.79 Å². The average molecular weight is 344 g/mol. The van der Waals surface area contributed by atoms with Crippen molar-refractivity contribution in [3.05, 3.63) is 45.9 Å². The fourth-order valence-electron chi connectivity index (χ4n) is 2.63. The van der Waals surface area contributed by atoms with Gasteiger partial charge >= 0.3 is 6.03 Å². The van der Waals surface area contributed by atoms with E-state index in [1.54, 1.807) is 41.8 Å². The van der Waals surface area contributed by atoms with Crippen LogP contribution in [0.15, 0.2) is 30.5 Å². The maximum absolute atomic E-state index is 12.3. The van der Waals surface area contributed by atoms with E-state index in [0.29, 0.717) is 17.8 Å². The third-order valence-electron chi connectivity index (χ3n) is 3.88. The number of rotatable bonds is 4. The highest BCUT2D eigenvalue weighted by Gasteiger charge is 2.19. The zero-order valence-electron chi connectivity index (χ0n) is 13.5. The number of thiazole rings is 1. The Hall–Kier alpha value is -2.41. The largest absolute Gasteiger partial charge is 0.339 e. The molecule has 3 amide bonds. The van der Waals surface area contributed by atoms with E-state index in [0.717, 1.165) is 35.8 Å². The summed E-state index contributed by atoms with van der Waals surface area (Å²) in [6.07, 6.45) is 3.91. The smallest absolute Gasteiger partial charge is 0.319 e. The Balaban J connectivity index is 1.51. The minimum absolute atomic E-state index is 0.0593. The lowest BCUT2D eigenvalue weighted by molar-refractivity contribution is 0.0793. The van der Waals surface area contributed by atoms with Gasteiger partial charge in [0, 0.05) is 35.4 Å². The SMILES string of the molecule is Cc1ncc(CNC(=O)Nc2ccc(C(=O)N3CCCC3)cc2)s1. The van der Waals surface area contributed by atoms with Crippen LogP contribution in [0.1, 0.15) is 33.1 Å². The van der Waals surface area contributed by atoms with Crippen molar-refractivity contribution in [2.45, 2.75) is 26.3 Å². The molecule has 0 atom stereocenters. The van der Waals surface area contributed by atoms with E-state index >= 15 is 0 Å². The lowest BCUT2D eigenvalue weighted by Gasteiger charge is -2.15. The molecule has 1 aliphatic rings. The molecule has 1 fully saturated rings. The van der Waals surface area contributed by atoms with E-state index in [9.17, 15) is 9.59 Å². The van der Waals surface area contributed by atoms with Gasteiger partial charge in [-0.05, 0) is 44.0 Å². The molecule has 1 aromatic carbocycles. The van der Waals surface area contributed by atoms with E-state index in [2.05, 4.69) is 15.6 Å². The summed E-state index contributed by atoms with van der Waals surface area (Å²) >= 11 is 1.56.